The van der Waals surface area contributed by atoms with Crippen molar-refractivity contribution in [2.24, 2.45) is 0 Å². The van der Waals surface area contributed by atoms with E-state index in [9.17, 15) is 18.4 Å². The number of hydrogen-bond donors (Lipinski definition) is 1. The van der Waals surface area contributed by atoms with Gasteiger partial charge in [-0.25, -0.2) is 9.50 Å². The van der Waals surface area contributed by atoms with Gasteiger partial charge in [-0.15, -0.1) is 11.8 Å². The van der Waals surface area contributed by atoms with Gasteiger partial charge < -0.3 is 19.7 Å². The number of rotatable bonds is 11. The highest BCUT2D eigenvalue weighted by Crippen LogP contribution is 2.37. The van der Waals surface area contributed by atoms with Crippen molar-refractivity contribution in [2.45, 2.75) is 18.1 Å². The molecule has 13 nitrogen and oxygen atoms in total. The second-order valence-corrected chi connectivity index (χ2v) is 11.8. The number of benzene rings is 1. The number of carbonyl (C=O) groups is 2. The quantitative estimate of drug-likeness (QED) is 0.242. The van der Waals surface area contributed by atoms with Gasteiger partial charge in [0.2, 0.25) is 5.91 Å². The summed E-state index contributed by atoms with van der Waals surface area (Å²) in [6.45, 7) is 4.88. The van der Waals surface area contributed by atoms with E-state index in [1.807, 2.05) is 6.26 Å². The minimum Gasteiger partial charge on any atom is -0.434 e. The molecular formula is C30H35F2N9O4S. The number of anilines is 1. The van der Waals surface area contributed by atoms with E-state index in [4.69, 9.17) is 9.47 Å². The number of halogens is 2. The molecule has 2 saturated heterocycles. The molecule has 5 heterocycles. The first-order chi connectivity index (χ1) is 22.4. The number of piperazine rings is 1. The molecule has 46 heavy (non-hydrogen) atoms. The van der Waals surface area contributed by atoms with Crippen molar-refractivity contribution in [2.75, 3.05) is 77.1 Å². The second-order valence-electron chi connectivity index (χ2n) is 10.9. The predicted molar refractivity (Wildman–Crippen MR) is 167 cm³/mol. The predicted octanol–water partition coefficient (Wildman–Crippen LogP) is 2.64. The number of ether oxygens (including phenoxy) is 2. The van der Waals surface area contributed by atoms with Crippen molar-refractivity contribution < 1.29 is 27.8 Å². The molecule has 2 aliphatic rings. The van der Waals surface area contributed by atoms with Crippen LogP contribution in [0.25, 0.3) is 16.9 Å². The highest BCUT2D eigenvalue weighted by molar-refractivity contribution is 7.98. The maximum Gasteiger partial charge on any atom is 0.387 e. The molecule has 16 heteroatoms. The Kier molecular flexibility index (Phi) is 10.1. The summed E-state index contributed by atoms with van der Waals surface area (Å²) in [5.41, 5.74) is 1.21. The first kappa shape index (κ1) is 31.8. The number of carbonyl (C=O) groups excluding carboxylic acids is 2. The number of amides is 2. The Bertz CT molecular complexity index is 1670. The minimum atomic E-state index is -3.07. The molecule has 0 spiro atoms. The first-order valence-corrected chi connectivity index (χ1v) is 16.2. The first-order valence-electron chi connectivity index (χ1n) is 15.0. The molecule has 0 saturated carbocycles. The summed E-state index contributed by atoms with van der Waals surface area (Å²) in [7, 11) is 0. The smallest absolute Gasteiger partial charge is 0.387 e. The Morgan fingerprint density at radius 3 is 2.59 bits per heavy atom. The molecule has 2 aliphatic heterocycles. The van der Waals surface area contributed by atoms with Crippen LogP contribution in [-0.2, 0) is 16.1 Å². The van der Waals surface area contributed by atoms with Crippen molar-refractivity contribution in [3.8, 4) is 17.0 Å². The number of aromatic nitrogens is 5. The van der Waals surface area contributed by atoms with Gasteiger partial charge in [0.15, 0.2) is 5.65 Å². The van der Waals surface area contributed by atoms with Crippen molar-refractivity contribution in [3.05, 3.63) is 54.6 Å². The molecule has 1 N–H and O–H groups in total. The van der Waals surface area contributed by atoms with E-state index in [0.717, 1.165) is 57.4 Å². The second kappa shape index (κ2) is 14.5. The Balaban J connectivity index is 1.20. The maximum atomic E-state index is 13.4. The number of fused-ring (bicyclic) bond motifs is 1. The molecule has 2 amide bonds. The van der Waals surface area contributed by atoms with Gasteiger partial charge in [-0.1, -0.05) is 0 Å². The van der Waals surface area contributed by atoms with Crippen molar-refractivity contribution in [3.63, 3.8) is 0 Å². The molecule has 0 atom stereocenters. The number of alkyl halides is 2. The van der Waals surface area contributed by atoms with Gasteiger partial charge in [-0.3, -0.25) is 24.1 Å². The van der Waals surface area contributed by atoms with E-state index in [0.29, 0.717) is 18.7 Å². The normalized spacial score (nSPS) is 16.3. The molecule has 0 aliphatic carbocycles. The molecule has 0 unspecified atom stereocenters. The third-order valence-corrected chi connectivity index (χ3v) is 8.78. The Morgan fingerprint density at radius 2 is 1.85 bits per heavy atom. The van der Waals surface area contributed by atoms with Gasteiger partial charge in [0.25, 0.3) is 5.91 Å². The van der Waals surface area contributed by atoms with Gasteiger partial charge in [-0.2, -0.15) is 19.0 Å². The lowest BCUT2D eigenvalue weighted by atomic mass is 10.1. The van der Waals surface area contributed by atoms with E-state index < -0.39 is 12.5 Å². The summed E-state index contributed by atoms with van der Waals surface area (Å²) in [5, 5.41) is 11.6. The molecule has 244 valence electrons. The summed E-state index contributed by atoms with van der Waals surface area (Å²) in [5.74, 6) is -0.759. The van der Waals surface area contributed by atoms with Gasteiger partial charge in [0.05, 0.1) is 25.1 Å². The van der Waals surface area contributed by atoms with Crippen LogP contribution in [-0.4, -0.2) is 129 Å². The number of thioether (sulfide) groups is 1. The number of nitrogens with one attached hydrogen (secondary N) is 1. The molecule has 6 rings (SSSR count). The van der Waals surface area contributed by atoms with Crippen LogP contribution in [0.2, 0.25) is 0 Å². The maximum absolute atomic E-state index is 13.4. The lowest BCUT2D eigenvalue weighted by molar-refractivity contribution is -0.133. The molecule has 4 aromatic rings. The number of morpholine rings is 1. The summed E-state index contributed by atoms with van der Waals surface area (Å²) < 4.78 is 39.9. The van der Waals surface area contributed by atoms with Crippen LogP contribution >= 0.6 is 11.8 Å². The van der Waals surface area contributed by atoms with Gasteiger partial charge in [0.1, 0.15) is 23.6 Å². The van der Waals surface area contributed by atoms with Crippen molar-refractivity contribution in [1.82, 2.24) is 39.1 Å². The van der Waals surface area contributed by atoms with Gasteiger partial charge >= 0.3 is 6.61 Å². The van der Waals surface area contributed by atoms with E-state index in [1.54, 1.807) is 35.5 Å². The van der Waals surface area contributed by atoms with E-state index >= 15 is 0 Å². The van der Waals surface area contributed by atoms with Crippen LogP contribution in [0.5, 0.6) is 5.75 Å². The lowest BCUT2D eigenvalue weighted by Crippen LogP contribution is -2.51. The number of hydrogen-bond acceptors (Lipinski definition) is 10. The largest absolute Gasteiger partial charge is 0.434 e. The standard InChI is InChI=1S/C30H35F2N9O4S/c1-46-21-3-4-25(45-30(31)32)22(17-21)27-24(35-29(43)23-18-34-41-6-2-5-33-28(23)41)19-40(36-27)20-26(42)39-11-9-37(10-12-39)7-8-38-13-15-44-16-14-38/h2-6,17-19,30H,7-16,20H2,1H3,(H,35,43). The summed E-state index contributed by atoms with van der Waals surface area (Å²) in [6.07, 6.45) is 7.99. The van der Waals surface area contributed by atoms with E-state index in [1.165, 1.54) is 39.4 Å². The SMILES string of the molecule is CSc1ccc(OC(F)F)c(-c2nn(CC(=O)N3CCN(CCN4CCOCC4)CC3)cc2NC(=O)c2cnn3cccnc23)c1. The van der Waals surface area contributed by atoms with E-state index in [-0.39, 0.29) is 40.7 Å². The highest BCUT2D eigenvalue weighted by Gasteiger charge is 2.25. The Labute approximate surface area is 268 Å². The van der Waals surface area contributed by atoms with Gasteiger partial charge in [0, 0.05) is 81.4 Å². The minimum absolute atomic E-state index is 0.0951. The zero-order chi connectivity index (χ0) is 32.0. The van der Waals surface area contributed by atoms with Gasteiger partial charge in [-0.05, 0) is 30.5 Å². The van der Waals surface area contributed by atoms with Crippen LogP contribution in [0.15, 0.2) is 53.9 Å². The molecular weight excluding hydrogens is 620 g/mol. The fourth-order valence-corrected chi connectivity index (χ4v) is 6.00. The highest BCUT2D eigenvalue weighted by atomic mass is 32.2. The van der Waals surface area contributed by atoms with Crippen molar-refractivity contribution >= 4 is 34.9 Å². The molecule has 0 radical (unpaired) electrons. The zero-order valence-corrected chi connectivity index (χ0v) is 26.2. The fraction of sp³-hybridized carbons (Fsp3) is 0.433. The summed E-state index contributed by atoms with van der Waals surface area (Å²) >= 11 is 1.41. The number of nitrogens with zero attached hydrogens (tertiary/aromatic N) is 8. The van der Waals surface area contributed by atoms with Crippen LogP contribution < -0.4 is 10.1 Å². The fourth-order valence-electron chi connectivity index (χ4n) is 5.56. The van der Waals surface area contributed by atoms with Crippen LogP contribution in [0, 0.1) is 0 Å². The summed E-state index contributed by atoms with van der Waals surface area (Å²) in [6, 6.07) is 6.46. The average molecular weight is 656 g/mol. The average Bonchev–Trinajstić information content (AvgIpc) is 3.68. The topological polar surface area (TPSA) is 122 Å². The van der Waals surface area contributed by atoms with Crippen LogP contribution in [0.3, 0.4) is 0 Å². The van der Waals surface area contributed by atoms with Crippen LogP contribution in [0.4, 0.5) is 14.5 Å². The van der Waals surface area contributed by atoms with E-state index in [2.05, 4.69) is 30.3 Å². The molecule has 0 bridgehead atoms. The lowest BCUT2D eigenvalue weighted by Gasteiger charge is -2.36. The third-order valence-electron chi connectivity index (χ3n) is 8.05. The Hall–Kier alpha value is -4.12. The zero-order valence-electron chi connectivity index (χ0n) is 25.3. The molecule has 3 aromatic heterocycles. The van der Waals surface area contributed by atoms with Crippen LogP contribution in [0.1, 0.15) is 10.4 Å². The molecule has 2 fully saturated rings. The van der Waals surface area contributed by atoms with Crippen molar-refractivity contribution in [1.29, 1.82) is 0 Å². The monoisotopic (exact) mass is 655 g/mol. The molecule has 1 aromatic carbocycles. The summed E-state index contributed by atoms with van der Waals surface area (Å²) in [4.78, 5) is 38.4. The third kappa shape index (κ3) is 7.46. The Morgan fingerprint density at radius 1 is 1.09 bits per heavy atom.